The van der Waals surface area contributed by atoms with Gasteiger partial charge in [0.15, 0.2) is 5.78 Å². The number of carbonyl (C=O) groups is 1. The molecule has 0 atom stereocenters. The largest absolute Gasteiger partial charge is 0.496 e. The highest BCUT2D eigenvalue weighted by molar-refractivity contribution is 6.23. The third-order valence-electron chi connectivity index (χ3n) is 2.98. The summed E-state index contributed by atoms with van der Waals surface area (Å²) in [7, 11) is 1.64. The first-order chi connectivity index (χ1) is 8.13. The van der Waals surface area contributed by atoms with Crippen LogP contribution in [0, 0.1) is 6.92 Å². The molecule has 0 aliphatic heterocycles. The van der Waals surface area contributed by atoms with Gasteiger partial charge in [0.05, 0.1) is 7.11 Å². The first-order valence-electron chi connectivity index (χ1n) is 5.68. The summed E-state index contributed by atoms with van der Waals surface area (Å²) >= 11 is 0. The number of ether oxygens (including phenoxy) is 1. The van der Waals surface area contributed by atoms with Crippen LogP contribution in [0.3, 0.4) is 0 Å². The van der Waals surface area contributed by atoms with Crippen molar-refractivity contribution in [2.24, 2.45) is 0 Å². The monoisotopic (exact) mass is 228 g/mol. The lowest BCUT2D eigenvalue weighted by atomic mass is 9.91. The van der Waals surface area contributed by atoms with E-state index in [1.54, 1.807) is 7.11 Å². The Bertz CT molecular complexity index is 522. The summed E-state index contributed by atoms with van der Waals surface area (Å²) < 4.78 is 5.39. The molecule has 1 aromatic carbocycles. The molecule has 0 radical (unpaired) electrons. The molecule has 0 aromatic heterocycles. The molecule has 88 valence electrons. The van der Waals surface area contributed by atoms with Gasteiger partial charge in [0.1, 0.15) is 5.75 Å². The minimum atomic E-state index is 0.161. The van der Waals surface area contributed by atoms with E-state index in [-0.39, 0.29) is 5.78 Å². The quantitative estimate of drug-likeness (QED) is 0.776. The molecule has 0 spiro atoms. The average molecular weight is 228 g/mol. The van der Waals surface area contributed by atoms with E-state index in [0.717, 1.165) is 28.0 Å². The Morgan fingerprint density at radius 2 is 1.94 bits per heavy atom. The van der Waals surface area contributed by atoms with Crippen LogP contribution in [0.5, 0.6) is 5.75 Å². The van der Waals surface area contributed by atoms with Gasteiger partial charge in [0.25, 0.3) is 0 Å². The predicted octanol–water partition coefficient (Wildman–Crippen LogP) is 3.31. The molecule has 0 saturated heterocycles. The highest BCUT2D eigenvalue weighted by Crippen LogP contribution is 2.32. The maximum atomic E-state index is 12.0. The van der Waals surface area contributed by atoms with E-state index in [0.29, 0.717) is 6.42 Å². The molecule has 0 N–H and O–H groups in total. The van der Waals surface area contributed by atoms with E-state index in [1.807, 2.05) is 44.2 Å². The van der Waals surface area contributed by atoms with E-state index < -0.39 is 0 Å². The molecule has 0 bridgehead atoms. The normalized spacial score (nSPS) is 15.4. The van der Waals surface area contributed by atoms with Crippen molar-refractivity contribution in [1.29, 1.82) is 0 Å². The van der Waals surface area contributed by atoms with Crippen LogP contribution in [0.15, 0.2) is 35.9 Å². The number of carbonyl (C=O) groups excluding carboxylic acids is 1. The molecule has 17 heavy (non-hydrogen) atoms. The lowest BCUT2D eigenvalue weighted by Gasteiger charge is -2.15. The number of ketones is 1. The molecule has 0 fully saturated rings. The summed E-state index contributed by atoms with van der Waals surface area (Å²) in [5, 5.41) is 0. The summed E-state index contributed by atoms with van der Waals surface area (Å²) in [5.41, 5.74) is 3.78. The number of Topliss-reactive ketones (excluding diaryl/α,β-unsaturated/α-hetero) is 1. The number of benzene rings is 1. The minimum absolute atomic E-state index is 0.161. The van der Waals surface area contributed by atoms with Crippen LogP contribution in [0.25, 0.3) is 5.57 Å². The summed E-state index contributed by atoms with van der Waals surface area (Å²) in [4.78, 5) is 12.0. The average Bonchev–Trinajstić information content (AvgIpc) is 2.29. The van der Waals surface area contributed by atoms with E-state index in [9.17, 15) is 4.79 Å². The second-order valence-electron chi connectivity index (χ2n) is 4.35. The molecular formula is C15H16O2. The maximum Gasteiger partial charge on any atom is 0.167 e. The van der Waals surface area contributed by atoms with Gasteiger partial charge in [0, 0.05) is 17.6 Å². The summed E-state index contributed by atoms with van der Waals surface area (Å²) in [5.74, 6) is 0.953. The molecule has 1 aliphatic carbocycles. The van der Waals surface area contributed by atoms with Crippen molar-refractivity contribution in [2.45, 2.75) is 20.3 Å². The van der Waals surface area contributed by atoms with Crippen LogP contribution in [-0.2, 0) is 4.79 Å². The zero-order chi connectivity index (χ0) is 12.4. The SMILES string of the molecule is COc1c(C)cccc1C1=CC=C(C)CC1=O. The second-order valence-corrected chi connectivity index (χ2v) is 4.35. The first kappa shape index (κ1) is 11.6. The van der Waals surface area contributed by atoms with E-state index in [4.69, 9.17) is 4.74 Å². The van der Waals surface area contributed by atoms with Crippen molar-refractivity contribution in [3.63, 3.8) is 0 Å². The van der Waals surface area contributed by atoms with Gasteiger partial charge in [-0.25, -0.2) is 0 Å². The third-order valence-corrected chi connectivity index (χ3v) is 2.98. The third kappa shape index (κ3) is 2.16. The Morgan fingerprint density at radius 1 is 1.18 bits per heavy atom. The van der Waals surface area contributed by atoms with Gasteiger partial charge in [-0.15, -0.1) is 0 Å². The smallest absolute Gasteiger partial charge is 0.167 e. The van der Waals surface area contributed by atoms with Crippen LogP contribution in [0.1, 0.15) is 24.5 Å². The lowest BCUT2D eigenvalue weighted by molar-refractivity contribution is -0.113. The molecule has 0 unspecified atom stereocenters. The number of hydrogen-bond acceptors (Lipinski definition) is 2. The predicted molar refractivity (Wildman–Crippen MR) is 69.1 cm³/mol. The van der Waals surface area contributed by atoms with Gasteiger partial charge in [-0.1, -0.05) is 35.9 Å². The number of para-hydroxylation sites is 1. The van der Waals surface area contributed by atoms with Crippen molar-refractivity contribution < 1.29 is 9.53 Å². The Hall–Kier alpha value is -1.83. The van der Waals surface area contributed by atoms with Gasteiger partial charge in [-0.3, -0.25) is 4.79 Å². The van der Waals surface area contributed by atoms with Crippen LogP contribution >= 0.6 is 0 Å². The summed E-state index contributed by atoms with van der Waals surface area (Å²) in [6.45, 7) is 3.95. The number of hydrogen-bond donors (Lipinski definition) is 0. The standard InChI is InChI=1S/C15H16O2/c1-10-7-8-12(14(16)9-10)13-6-4-5-11(2)15(13)17-3/h4-8H,9H2,1-3H3. The van der Waals surface area contributed by atoms with Crippen molar-refractivity contribution in [2.75, 3.05) is 7.11 Å². The van der Waals surface area contributed by atoms with Crippen LogP contribution in [0.4, 0.5) is 0 Å². The molecule has 0 heterocycles. The number of methoxy groups -OCH3 is 1. The van der Waals surface area contributed by atoms with Gasteiger partial charge in [0.2, 0.25) is 0 Å². The second kappa shape index (κ2) is 4.58. The van der Waals surface area contributed by atoms with Gasteiger partial charge in [-0.2, -0.15) is 0 Å². The van der Waals surface area contributed by atoms with Gasteiger partial charge in [-0.05, 0) is 19.4 Å². The number of rotatable bonds is 2. The molecule has 0 saturated carbocycles. The van der Waals surface area contributed by atoms with E-state index in [1.165, 1.54) is 0 Å². The highest BCUT2D eigenvalue weighted by atomic mass is 16.5. The molecule has 2 nitrogen and oxygen atoms in total. The van der Waals surface area contributed by atoms with E-state index in [2.05, 4.69) is 0 Å². The molecular weight excluding hydrogens is 212 g/mol. The number of aryl methyl sites for hydroxylation is 1. The lowest BCUT2D eigenvalue weighted by Crippen LogP contribution is -2.07. The fraction of sp³-hybridized carbons (Fsp3) is 0.267. The highest BCUT2D eigenvalue weighted by Gasteiger charge is 2.19. The minimum Gasteiger partial charge on any atom is -0.496 e. The Labute approximate surface area is 102 Å². The van der Waals surface area contributed by atoms with Crippen molar-refractivity contribution in [3.8, 4) is 5.75 Å². The molecule has 2 heteroatoms. The zero-order valence-corrected chi connectivity index (χ0v) is 10.4. The fourth-order valence-electron chi connectivity index (χ4n) is 2.10. The molecule has 1 aliphatic rings. The molecule has 0 amide bonds. The van der Waals surface area contributed by atoms with Crippen molar-refractivity contribution >= 4 is 11.4 Å². The van der Waals surface area contributed by atoms with E-state index >= 15 is 0 Å². The Morgan fingerprint density at radius 3 is 2.59 bits per heavy atom. The first-order valence-corrected chi connectivity index (χ1v) is 5.68. The van der Waals surface area contributed by atoms with Crippen molar-refractivity contribution in [1.82, 2.24) is 0 Å². The van der Waals surface area contributed by atoms with Crippen LogP contribution in [-0.4, -0.2) is 12.9 Å². The summed E-state index contributed by atoms with van der Waals surface area (Å²) in [6, 6.07) is 5.87. The maximum absolute atomic E-state index is 12.0. The number of allylic oxidation sites excluding steroid dienone is 4. The molecule has 2 rings (SSSR count). The van der Waals surface area contributed by atoms with Gasteiger partial charge < -0.3 is 4.74 Å². The topological polar surface area (TPSA) is 26.3 Å². The Kier molecular flexibility index (Phi) is 3.14. The Balaban J connectivity index is 2.55. The van der Waals surface area contributed by atoms with Crippen LogP contribution < -0.4 is 4.74 Å². The van der Waals surface area contributed by atoms with Crippen LogP contribution in [0.2, 0.25) is 0 Å². The summed E-state index contributed by atoms with van der Waals surface area (Å²) in [6.07, 6.45) is 4.39. The molecule has 1 aromatic rings. The zero-order valence-electron chi connectivity index (χ0n) is 10.4. The van der Waals surface area contributed by atoms with Crippen molar-refractivity contribution in [3.05, 3.63) is 47.1 Å². The van der Waals surface area contributed by atoms with Gasteiger partial charge >= 0.3 is 0 Å². The fourth-order valence-corrected chi connectivity index (χ4v) is 2.10.